The fraction of sp³-hybridized carbons (Fsp3) is 0.529. The number of ketones is 1. The number of benzene rings is 1. The Morgan fingerprint density at radius 1 is 1.14 bits per heavy atom. The van der Waals surface area contributed by atoms with Crippen molar-refractivity contribution in [1.82, 2.24) is 0 Å². The fourth-order valence-electron chi connectivity index (χ4n) is 1.78. The van der Waals surface area contributed by atoms with Gasteiger partial charge in [0.2, 0.25) is 0 Å². The number of hydrogen-bond donors (Lipinski definition) is 1. The summed E-state index contributed by atoms with van der Waals surface area (Å²) in [5.41, 5.74) is 0.473. The van der Waals surface area contributed by atoms with Crippen LogP contribution in [0.5, 0.6) is 0 Å². The highest BCUT2D eigenvalue weighted by atomic mass is 32.3. The first-order valence-corrected chi connectivity index (χ1v) is 10.3. The summed E-state index contributed by atoms with van der Waals surface area (Å²) in [5, 5.41) is 2.67. The van der Waals surface area contributed by atoms with E-state index in [1.807, 2.05) is 0 Å². The Labute approximate surface area is 134 Å². The molecule has 0 aromatic heterocycles. The highest BCUT2D eigenvalue weighted by molar-refractivity contribution is 8.32. The molecular formula is C17H27NO3S. The Morgan fingerprint density at radius 3 is 2.27 bits per heavy atom. The highest BCUT2D eigenvalue weighted by Gasteiger charge is 2.19. The number of rotatable bonds is 5. The van der Waals surface area contributed by atoms with Gasteiger partial charge in [-0.05, 0) is 57.4 Å². The second-order valence-electron chi connectivity index (χ2n) is 7.14. The van der Waals surface area contributed by atoms with Gasteiger partial charge in [0.1, 0.15) is 5.60 Å². The summed E-state index contributed by atoms with van der Waals surface area (Å²) in [6.45, 7) is 5.40. The van der Waals surface area contributed by atoms with Gasteiger partial charge in [0.25, 0.3) is 0 Å². The first kappa shape index (κ1) is 18.6. The minimum Gasteiger partial charge on any atom is -0.444 e. The van der Waals surface area contributed by atoms with Crippen LogP contribution < -0.4 is 5.32 Å². The minimum absolute atomic E-state index is 0.0501. The zero-order chi connectivity index (χ0) is 17.0. The molecule has 0 radical (unpaired) electrons. The SMILES string of the molecule is CC(C)(C)OC(=O)Nc1ccccc1C(=O)CCS(C)(C)C. The van der Waals surface area contributed by atoms with Crippen LogP contribution in [-0.2, 0) is 4.74 Å². The van der Waals surface area contributed by atoms with Crippen molar-refractivity contribution in [3.05, 3.63) is 29.8 Å². The predicted octanol–water partition coefficient (Wildman–Crippen LogP) is 4.30. The largest absolute Gasteiger partial charge is 0.444 e. The van der Waals surface area contributed by atoms with Crippen LogP contribution in [0.25, 0.3) is 0 Å². The van der Waals surface area contributed by atoms with E-state index in [1.54, 1.807) is 45.0 Å². The number of Topliss-reactive ketones (excluding diaryl/α,β-unsaturated/α-hetero) is 1. The first-order valence-electron chi connectivity index (χ1n) is 7.26. The summed E-state index contributed by atoms with van der Waals surface area (Å²) in [7, 11) is -0.720. The van der Waals surface area contributed by atoms with Gasteiger partial charge in [0.15, 0.2) is 5.78 Å². The fourth-order valence-corrected chi connectivity index (χ4v) is 2.58. The zero-order valence-corrected chi connectivity index (χ0v) is 15.2. The molecule has 1 aromatic rings. The molecule has 0 unspecified atom stereocenters. The van der Waals surface area contributed by atoms with E-state index in [4.69, 9.17) is 4.74 Å². The van der Waals surface area contributed by atoms with Gasteiger partial charge in [-0.1, -0.05) is 12.1 Å². The number of carbonyl (C=O) groups excluding carboxylic acids is 2. The second-order valence-corrected chi connectivity index (χ2v) is 11.7. The lowest BCUT2D eigenvalue weighted by molar-refractivity contribution is 0.0636. The third-order valence-electron chi connectivity index (χ3n) is 2.80. The average molecular weight is 325 g/mol. The van der Waals surface area contributed by atoms with Crippen molar-refractivity contribution in [3.8, 4) is 0 Å². The lowest BCUT2D eigenvalue weighted by Gasteiger charge is -2.24. The molecule has 0 saturated heterocycles. The molecule has 0 atom stereocenters. The molecule has 1 N–H and O–H groups in total. The summed E-state index contributed by atoms with van der Waals surface area (Å²) in [6, 6.07) is 7.06. The van der Waals surface area contributed by atoms with Crippen molar-refractivity contribution in [2.45, 2.75) is 32.8 Å². The highest BCUT2D eigenvalue weighted by Crippen LogP contribution is 2.35. The number of anilines is 1. The van der Waals surface area contributed by atoms with E-state index in [9.17, 15) is 9.59 Å². The van der Waals surface area contributed by atoms with Gasteiger partial charge in [-0.25, -0.2) is 14.8 Å². The van der Waals surface area contributed by atoms with Crippen LogP contribution in [-0.4, -0.2) is 42.0 Å². The van der Waals surface area contributed by atoms with Gasteiger partial charge in [0.05, 0.1) is 5.69 Å². The molecule has 0 fully saturated rings. The third kappa shape index (κ3) is 6.98. The molecule has 0 aliphatic heterocycles. The van der Waals surface area contributed by atoms with Gasteiger partial charge < -0.3 is 4.74 Å². The average Bonchev–Trinajstić information content (AvgIpc) is 2.33. The zero-order valence-electron chi connectivity index (χ0n) is 14.4. The Morgan fingerprint density at radius 2 is 1.73 bits per heavy atom. The van der Waals surface area contributed by atoms with Crippen LogP contribution in [0.15, 0.2) is 24.3 Å². The Bertz CT molecular complexity index is 542. The standard InChI is InChI=1S/C17H27NO3S/c1-17(2,3)21-16(20)18-14-10-8-7-9-13(14)15(19)11-12-22(4,5)6/h7-10H,11-12H2,1-6H3,(H,18,20). The van der Waals surface area contributed by atoms with Crippen molar-refractivity contribution in [2.75, 3.05) is 29.8 Å². The van der Waals surface area contributed by atoms with Gasteiger partial charge in [0, 0.05) is 12.0 Å². The van der Waals surface area contributed by atoms with Gasteiger partial charge >= 0.3 is 6.09 Å². The van der Waals surface area contributed by atoms with Crippen LogP contribution in [0.1, 0.15) is 37.6 Å². The number of nitrogens with one attached hydrogen (secondary N) is 1. The first-order chi connectivity index (χ1) is 9.98. The monoisotopic (exact) mass is 325 g/mol. The van der Waals surface area contributed by atoms with E-state index in [-0.39, 0.29) is 5.78 Å². The lowest BCUT2D eigenvalue weighted by Crippen LogP contribution is -2.27. The summed E-state index contributed by atoms with van der Waals surface area (Å²) in [6.07, 6.45) is 6.50. The maximum Gasteiger partial charge on any atom is 0.412 e. The molecule has 0 aliphatic rings. The number of carbonyl (C=O) groups is 2. The van der Waals surface area contributed by atoms with Crippen LogP contribution in [0.4, 0.5) is 10.5 Å². The maximum absolute atomic E-state index is 12.4. The summed E-state index contributed by atoms with van der Waals surface area (Å²) < 4.78 is 5.23. The number of ether oxygens (including phenoxy) is 1. The molecule has 0 spiro atoms. The lowest BCUT2D eigenvalue weighted by atomic mass is 10.1. The summed E-state index contributed by atoms with van der Waals surface area (Å²) >= 11 is 0. The molecule has 124 valence electrons. The topological polar surface area (TPSA) is 55.4 Å². The van der Waals surface area contributed by atoms with Crippen molar-refractivity contribution >= 4 is 27.6 Å². The number of amides is 1. The van der Waals surface area contributed by atoms with E-state index >= 15 is 0 Å². The van der Waals surface area contributed by atoms with Crippen LogP contribution >= 0.6 is 10.0 Å². The van der Waals surface area contributed by atoms with Gasteiger partial charge in [-0.15, -0.1) is 0 Å². The van der Waals surface area contributed by atoms with E-state index in [2.05, 4.69) is 24.1 Å². The molecule has 5 heteroatoms. The molecule has 0 aliphatic carbocycles. The van der Waals surface area contributed by atoms with Crippen molar-refractivity contribution in [2.24, 2.45) is 0 Å². The second kappa shape index (κ2) is 7.18. The molecule has 1 rings (SSSR count). The third-order valence-corrected chi connectivity index (χ3v) is 4.23. The van der Waals surface area contributed by atoms with Crippen molar-refractivity contribution < 1.29 is 14.3 Å². The Kier molecular flexibility index (Phi) is 6.06. The molecule has 0 bridgehead atoms. The normalized spacial score (nSPS) is 12.6. The van der Waals surface area contributed by atoms with Crippen LogP contribution in [0.2, 0.25) is 0 Å². The summed E-state index contributed by atoms with van der Waals surface area (Å²) in [4.78, 5) is 24.3. The molecule has 1 amide bonds. The quantitative estimate of drug-likeness (QED) is 0.821. The Balaban J connectivity index is 2.81. The molecule has 0 saturated carbocycles. The van der Waals surface area contributed by atoms with E-state index in [0.717, 1.165) is 5.75 Å². The van der Waals surface area contributed by atoms with Gasteiger partial charge in [-0.3, -0.25) is 10.1 Å². The summed E-state index contributed by atoms with van der Waals surface area (Å²) in [5.74, 6) is 0.932. The van der Waals surface area contributed by atoms with Crippen molar-refractivity contribution in [3.63, 3.8) is 0 Å². The molecule has 0 heterocycles. The number of hydrogen-bond acceptors (Lipinski definition) is 3. The molecule has 1 aromatic carbocycles. The predicted molar refractivity (Wildman–Crippen MR) is 95.5 cm³/mol. The van der Waals surface area contributed by atoms with Crippen molar-refractivity contribution in [1.29, 1.82) is 0 Å². The minimum atomic E-state index is -0.720. The molecular weight excluding hydrogens is 298 g/mol. The Hall–Kier alpha value is -1.49. The smallest absolute Gasteiger partial charge is 0.412 e. The maximum atomic E-state index is 12.4. The van der Waals surface area contributed by atoms with E-state index in [0.29, 0.717) is 17.7 Å². The van der Waals surface area contributed by atoms with E-state index in [1.165, 1.54) is 0 Å². The number of para-hydroxylation sites is 1. The molecule has 22 heavy (non-hydrogen) atoms. The van der Waals surface area contributed by atoms with Crippen LogP contribution in [0, 0.1) is 0 Å². The van der Waals surface area contributed by atoms with Gasteiger partial charge in [-0.2, -0.15) is 0 Å². The van der Waals surface area contributed by atoms with E-state index < -0.39 is 21.7 Å². The molecule has 4 nitrogen and oxygen atoms in total. The van der Waals surface area contributed by atoms with Crippen LogP contribution in [0.3, 0.4) is 0 Å².